The number of hydrogen-bond acceptors (Lipinski definition) is 10. The Labute approximate surface area is 339 Å². The number of urea groups is 1. The molecule has 5 N–H and O–H groups in total. The van der Waals surface area contributed by atoms with Gasteiger partial charge in [-0.3, -0.25) is 14.4 Å². The van der Waals surface area contributed by atoms with Crippen LogP contribution in [0.2, 0.25) is 0 Å². The summed E-state index contributed by atoms with van der Waals surface area (Å²) in [6.07, 6.45) is 4.61. The van der Waals surface area contributed by atoms with Crippen molar-refractivity contribution in [1.29, 1.82) is 0 Å². The number of unbranched alkanes of at least 4 members (excludes halogenated alkanes) is 2. The van der Waals surface area contributed by atoms with Gasteiger partial charge in [0.25, 0.3) is 5.91 Å². The fourth-order valence-corrected chi connectivity index (χ4v) is 11.8. The molecule has 4 unspecified atom stereocenters. The molecule has 2 saturated heterocycles. The van der Waals surface area contributed by atoms with E-state index < -0.39 is 48.9 Å². The molecule has 0 bridgehead atoms. The number of nitrogens with one attached hydrogen (secondary N) is 4. The first kappa shape index (κ1) is 43.9. The van der Waals surface area contributed by atoms with Crippen molar-refractivity contribution < 1.29 is 41.1 Å². The lowest BCUT2D eigenvalue weighted by atomic mass is 9.99. The molecule has 0 saturated carbocycles. The Morgan fingerprint density at radius 3 is 1.95 bits per heavy atom. The Morgan fingerprint density at radius 1 is 0.789 bits per heavy atom. The second-order valence-electron chi connectivity index (χ2n) is 14.9. The largest absolute Gasteiger partial charge is 0.394 e. The lowest BCUT2D eigenvalue weighted by molar-refractivity contribution is -0.122. The molecule has 16 heteroatoms. The van der Waals surface area contributed by atoms with Gasteiger partial charge in [0, 0.05) is 35.1 Å². The number of aliphatic hydroxyl groups is 1. The smallest absolute Gasteiger partial charge is 0.315 e. The zero-order valence-electron chi connectivity index (χ0n) is 32.2. The third-order valence-electron chi connectivity index (χ3n) is 10.3. The summed E-state index contributed by atoms with van der Waals surface area (Å²) in [4.78, 5) is 50.8. The summed E-state index contributed by atoms with van der Waals surface area (Å²) in [7, 11) is -8.10. The predicted molar refractivity (Wildman–Crippen MR) is 220 cm³/mol. The second-order valence-corrected chi connectivity index (χ2v) is 20.2. The third kappa shape index (κ3) is 12.4. The molecule has 0 radical (unpaired) electrons. The molecule has 5 rings (SSSR count). The van der Waals surface area contributed by atoms with E-state index in [2.05, 4.69) is 21.3 Å². The fraction of sp³-hybridized carbons (Fsp3) is 0.463. The highest BCUT2D eigenvalue weighted by atomic mass is 32.2. The molecular formula is C41H52N4O9S3. The van der Waals surface area contributed by atoms with Crippen molar-refractivity contribution in [3.63, 3.8) is 0 Å². The first-order valence-electron chi connectivity index (χ1n) is 19.3. The number of hydrogen-bond donors (Lipinski definition) is 5. The SMILES string of the molecule is Cc1ccc(S(=O)(=O)CC(CS(=O)(=O)c2ccc(C)cc2)C(=O)c2ccc(C(=O)NCCCCC(CO)NC(=O)CCCCC3SCC4NC(=O)NC43)cc2)cc1. The van der Waals surface area contributed by atoms with E-state index in [0.717, 1.165) is 29.7 Å². The van der Waals surface area contributed by atoms with Gasteiger partial charge in [-0.15, -0.1) is 0 Å². The first-order chi connectivity index (χ1) is 27.1. The van der Waals surface area contributed by atoms with Crippen LogP contribution in [-0.2, 0) is 24.5 Å². The molecule has 2 aliphatic heterocycles. The maximum atomic E-state index is 13.8. The Morgan fingerprint density at radius 2 is 1.37 bits per heavy atom. The van der Waals surface area contributed by atoms with Crippen LogP contribution in [0.1, 0.15) is 76.8 Å². The summed E-state index contributed by atoms with van der Waals surface area (Å²) >= 11 is 1.84. The molecule has 57 heavy (non-hydrogen) atoms. The van der Waals surface area contributed by atoms with Gasteiger partial charge in [-0.25, -0.2) is 21.6 Å². The number of ketones is 1. The zero-order chi connectivity index (χ0) is 41.2. The van der Waals surface area contributed by atoms with Crippen LogP contribution in [0.15, 0.2) is 82.6 Å². The van der Waals surface area contributed by atoms with Crippen molar-refractivity contribution in [2.24, 2.45) is 5.92 Å². The highest BCUT2D eigenvalue weighted by Crippen LogP contribution is 2.33. The highest BCUT2D eigenvalue weighted by molar-refractivity contribution is 8.00. The van der Waals surface area contributed by atoms with Crippen molar-refractivity contribution in [3.8, 4) is 0 Å². The van der Waals surface area contributed by atoms with Crippen LogP contribution in [0.5, 0.6) is 0 Å². The summed E-state index contributed by atoms with van der Waals surface area (Å²) < 4.78 is 53.7. The van der Waals surface area contributed by atoms with E-state index in [-0.39, 0.29) is 57.5 Å². The third-order valence-corrected chi connectivity index (χ3v) is 15.5. The summed E-state index contributed by atoms with van der Waals surface area (Å²) in [5.41, 5.74) is 2.04. The monoisotopic (exact) mass is 840 g/mol. The van der Waals surface area contributed by atoms with Crippen molar-refractivity contribution in [1.82, 2.24) is 21.3 Å². The van der Waals surface area contributed by atoms with Crippen molar-refractivity contribution in [2.45, 2.75) is 92.0 Å². The molecule has 2 aliphatic rings. The molecule has 13 nitrogen and oxygen atoms in total. The fourth-order valence-electron chi connectivity index (χ4n) is 7.04. The molecule has 4 atom stereocenters. The molecule has 2 fully saturated rings. The minimum atomic E-state index is -4.05. The summed E-state index contributed by atoms with van der Waals surface area (Å²) in [5, 5.41) is 21.8. The van der Waals surface area contributed by atoms with E-state index in [1.54, 1.807) is 24.3 Å². The summed E-state index contributed by atoms with van der Waals surface area (Å²) in [6.45, 7) is 3.75. The van der Waals surface area contributed by atoms with Gasteiger partial charge in [0.05, 0.1) is 51.9 Å². The van der Waals surface area contributed by atoms with Crippen molar-refractivity contribution >= 4 is 55.1 Å². The van der Waals surface area contributed by atoms with E-state index in [1.165, 1.54) is 48.5 Å². The van der Waals surface area contributed by atoms with Crippen LogP contribution >= 0.6 is 11.8 Å². The van der Waals surface area contributed by atoms with E-state index in [0.29, 0.717) is 43.9 Å². The number of aliphatic hydroxyl groups excluding tert-OH is 1. The topological polar surface area (TPSA) is 205 Å². The molecule has 3 aromatic carbocycles. The number of carbonyl (C=O) groups excluding carboxylic acids is 4. The van der Waals surface area contributed by atoms with Gasteiger partial charge in [-0.2, -0.15) is 11.8 Å². The Hall–Kier alpha value is -4.25. The molecule has 3 aromatic rings. The molecule has 0 aliphatic carbocycles. The van der Waals surface area contributed by atoms with Crippen LogP contribution < -0.4 is 21.3 Å². The minimum absolute atomic E-state index is 0.0124. The van der Waals surface area contributed by atoms with Crippen LogP contribution in [0.3, 0.4) is 0 Å². The standard InChI is InChI=1S/C41H52N4O9S3/c1-27-10-18-33(19-11-27)56(51,52)25-31(26-57(53,54)34-20-12-28(2)13-21-34)39(48)29-14-16-30(17-15-29)40(49)42-22-6-5-7-32(23-46)43-37(47)9-4-3-8-36-38-35(24-55-36)44-41(50)45-38/h10-21,31-32,35-36,38,46H,3-9,22-26H2,1-2H3,(H,42,49)(H,43,47)(H2,44,45,50). The van der Waals surface area contributed by atoms with Crippen molar-refractivity contribution in [3.05, 3.63) is 95.1 Å². The number of aryl methyl sites for hydroxylation is 2. The number of thioether (sulfide) groups is 1. The first-order valence-corrected chi connectivity index (χ1v) is 23.6. The predicted octanol–water partition coefficient (Wildman–Crippen LogP) is 4.15. The lowest BCUT2D eigenvalue weighted by Gasteiger charge is -2.18. The maximum absolute atomic E-state index is 13.8. The number of amides is 4. The second kappa shape index (κ2) is 19.9. The Kier molecular flexibility index (Phi) is 15.3. The maximum Gasteiger partial charge on any atom is 0.315 e. The van der Waals surface area contributed by atoms with Crippen molar-refractivity contribution in [2.75, 3.05) is 30.4 Å². The van der Waals surface area contributed by atoms with Gasteiger partial charge in [-0.05, 0) is 82.3 Å². The number of fused-ring (bicyclic) bond motifs is 1. The molecule has 0 aromatic heterocycles. The molecule has 4 amide bonds. The quantitative estimate of drug-likeness (QED) is 0.0589. The minimum Gasteiger partial charge on any atom is -0.394 e. The van der Waals surface area contributed by atoms with Crippen LogP contribution in [-0.4, -0.2) is 99.4 Å². The van der Waals surface area contributed by atoms with E-state index in [9.17, 15) is 41.1 Å². The van der Waals surface area contributed by atoms with Gasteiger partial charge in [-0.1, -0.05) is 53.9 Å². The highest BCUT2D eigenvalue weighted by Gasteiger charge is 2.42. The van der Waals surface area contributed by atoms with Crippen LogP contribution in [0.25, 0.3) is 0 Å². The number of rotatable bonds is 21. The normalized spacial score (nSPS) is 18.4. The number of benzene rings is 3. The van der Waals surface area contributed by atoms with E-state index >= 15 is 0 Å². The molecule has 2 heterocycles. The molecule has 0 spiro atoms. The number of Topliss-reactive ketones (excluding diaryl/α,β-unsaturated/α-hetero) is 1. The van der Waals surface area contributed by atoms with Gasteiger partial charge in [0.2, 0.25) is 5.91 Å². The van der Waals surface area contributed by atoms with Gasteiger partial charge in [0.1, 0.15) is 0 Å². The number of carbonyl (C=O) groups is 4. The van der Waals surface area contributed by atoms with Crippen LogP contribution in [0.4, 0.5) is 4.79 Å². The zero-order valence-corrected chi connectivity index (χ0v) is 34.7. The van der Waals surface area contributed by atoms with E-state index in [4.69, 9.17) is 0 Å². The van der Waals surface area contributed by atoms with Gasteiger partial charge >= 0.3 is 6.03 Å². The van der Waals surface area contributed by atoms with Gasteiger partial charge < -0.3 is 26.4 Å². The Balaban J connectivity index is 1.08. The molecule has 308 valence electrons. The summed E-state index contributed by atoms with van der Waals surface area (Å²) in [5.74, 6) is -3.14. The van der Waals surface area contributed by atoms with Crippen LogP contribution in [0, 0.1) is 19.8 Å². The van der Waals surface area contributed by atoms with Gasteiger partial charge in [0.15, 0.2) is 25.5 Å². The van der Waals surface area contributed by atoms with E-state index in [1.807, 2.05) is 25.6 Å². The molecular weight excluding hydrogens is 789 g/mol. The number of sulfone groups is 2. The lowest BCUT2D eigenvalue weighted by Crippen LogP contribution is -2.37. The average Bonchev–Trinajstić information content (AvgIpc) is 3.74. The average molecular weight is 841 g/mol. The summed E-state index contributed by atoms with van der Waals surface area (Å²) in [6, 6.07) is 17.7. The Bertz CT molecular complexity index is 2020.